The van der Waals surface area contributed by atoms with Gasteiger partial charge in [0.2, 0.25) is 0 Å². The van der Waals surface area contributed by atoms with Crippen LogP contribution in [0.15, 0.2) is 29.7 Å². The molecule has 20 heavy (non-hydrogen) atoms. The molecule has 2 rings (SSSR count). The van der Waals surface area contributed by atoms with E-state index >= 15 is 0 Å². The Morgan fingerprint density at radius 3 is 2.70 bits per heavy atom. The molecule has 1 N–H and O–H groups in total. The number of benzene rings is 1. The van der Waals surface area contributed by atoms with Gasteiger partial charge in [-0.1, -0.05) is 0 Å². The van der Waals surface area contributed by atoms with Crippen LogP contribution in [-0.4, -0.2) is 31.0 Å². The summed E-state index contributed by atoms with van der Waals surface area (Å²) in [5.41, 5.74) is -0.928. The van der Waals surface area contributed by atoms with Crippen LogP contribution in [0.2, 0.25) is 0 Å². The number of nitro groups is 1. The van der Waals surface area contributed by atoms with Crippen molar-refractivity contribution in [3.05, 3.63) is 51.2 Å². The maximum Gasteiger partial charge on any atom is 0.270 e. The van der Waals surface area contributed by atoms with Crippen molar-refractivity contribution >= 4 is 21.4 Å². The number of nitrogens with one attached hydrogen (secondary N) is 1. The van der Waals surface area contributed by atoms with Crippen molar-refractivity contribution in [2.45, 2.75) is 6.04 Å². The number of nitrogens with zero attached hydrogens (tertiary/aromatic N) is 1. The van der Waals surface area contributed by atoms with E-state index in [1.165, 1.54) is 6.08 Å². The quantitative estimate of drug-likeness (QED) is 0.655. The smallest absolute Gasteiger partial charge is 0.270 e. The Bertz CT molecular complexity index is 714. The molecule has 0 radical (unpaired) electrons. The lowest BCUT2D eigenvalue weighted by molar-refractivity contribution is -0.384. The lowest BCUT2D eigenvalue weighted by Crippen LogP contribution is -2.35. The first-order valence-corrected chi connectivity index (χ1v) is 7.16. The van der Waals surface area contributed by atoms with Crippen LogP contribution in [0.25, 0.3) is 0 Å². The molecule has 1 heterocycles. The van der Waals surface area contributed by atoms with Gasteiger partial charge in [0.1, 0.15) is 5.82 Å². The lowest BCUT2D eigenvalue weighted by Gasteiger charge is -2.10. The van der Waals surface area contributed by atoms with Gasteiger partial charge in [0.25, 0.3) is 11.6 Å². The van der Waals surface area contributed by atoms with E-state index in [0.29, 0.717) is 0 Å². The zero-order valence-corrected chi connectivity index (χ0v) is 10.8. The van der Waals surface area contributed by atoms with Gasteiger partial charge in [0.05, 0.1) is 22.3 Å². The molecule has 1 amide bonds. The highest BCUT2D eigenvalue weighted by atomic mass is 32.2. The predicted molar refractivity (Wildman–Crippen MR) is 67.2 cm³/mol. The molecule has 1 aliphatic rings. The standard InChI is InChI=1S/C11H9FN2O5S/c12-10-2-1-8(14(16)17)5-9(10)11(15)13-7-3-4-20(18,19)6-7/h1-5,7H,6H2,(H,13,15). The normalized spacial score (nSPS) is 19.8. The number of non-ortho nitro benzene ring substituents is 1. The molecule has 106 valence electrons. The third-order valence-electron chi connectivity index (χ3n) is 2.65. The average Bonchev–Trinajstić information content (AvgIpc) is 2.68. The molecule has 9 heteroatoms. The van der Waals surface area contributed by atoms with Gasteiger partial charge in [-0.25, -0.2) is 12.8 Å². The Hall–Kier alpha value is -2.29. The fraction of sp³-hybridized carbons (Fsp3) is 0.182. The minimum atomic E-state index is -3.35. The highest BCUT2D eigenvalue weighted by Crippen LogP contribution is 2.17. The number of nitro benzene ring substituents is 1. The van der Waals surface area contributed by atoms with Crippen LogP contribution in [0.4, 0.5) is 10.1 Å². The van der Waals surface area contributed by atoms with Crippen molar-refractivity contribution in [3.8, 4) is 0 Å². The monoisotopic (exact) mass is 300 g/mol. The van der Waals surface area contributed by atoms with Gasteiger partial charge in [-0.3, -0.25) is 14.9 Å². The molecule has 0 aromatic heterocycles. The summed E-state index contributed by atoms with van der Waals surface area (Å²) in [5.74, 6) is -2.13. The largest absolute Gasteiger partial charge is 0.345 e. The molecule has 1 aliphatic heterocycles. The third kappa shape index (κ3) is 2.99. The van der Waals surface area contributed by atoms with E-state index in [1.807, 2.05) is 0 Å². The summed E-state index contributed by atoms with van der Waals surface area (Å²) in [6, 6.07) is 1.78. The van der Waals surface area contributed by atoms with Crippen LogP contribution < -0.4 is 5.32 Å². The fourth-order valence-corrected chi connectivity index (χ4v) is 2.95. The minimum absolute atomic E-state index is 0.310. The summed E-state index contributed by atoms with van der Waals surface area (Å²) in [7, 11) is -3.35. The zero-order valence-electron chi connectivity index (χ0n) is 9.95. The first kappa shape index (κ1) is 14.1. The van der Waals surface area contributed by atoms with Crippen LogP contribution in [-0.2, 0) is 9.84 Å². The molecular weight excluding hydrogens is 291 g/mol. The number of halogens is 1. The summed E-state index contributed by atoms with van der Waals surface area (Å²) in [6.45, 7) is 0. The summed E-state index contributed by atoms with van der Waals surface area (Å²) >= 11 is 0. The molecule has 0 saturated heterocycles. The van der Waals surface area contributed by atoms with E-state index in [1.54, 1.807) is 0 Å². The summed E-state index contributed by atoms with van der Waals surface area (Å²) in [5, 5.41) is 13.8. The molecule has 1 aromatic carbocycles. The topological polar surface area (TPSA) is 106 Å². The maximum absolute atomic E-state index is 13.5. The van der Waals surface area contributed by atoms with E-state index in [4.69, 9.17) is 0 Å². The van der Waals surface area contributed by atoms with E-state index in [2.05, 4.69) is 5.32 Å². The number of hydrogen-bond donors (Lipinski definition) is 1. The van der Waals surface area contributed by atoms with E-state index < -0.39 is 43.8 Å². The summed E-state index contributed by atoms with van der Waals surface area (Å²) < 4.78 is 35.8. The van der Waals surface area contributed by atoms with Crippen LogP contribution in [0, 0.1) is 15.9 Å². The van der Waals surface area contributed by atoms with Gasteiger partial charge in [-0.05, 0) is 12.1 Å². The highest BCUT2D eigenvalue weighted by molar-refractivity contribution is 7.94. The van der Waals surface area contributed by atoms with Crippen molar-refractivity contribution in [2.75, 3.05) is 5.75 Å². The molecule has 0 aliphatic carbocycles. The van der Waals surface area contributed by atoms with Crippen LogP contribution in [0.3, 0.4) is 0 Å². The average molecular weight is 300 g/mol. The van der Waals surface area contributed by atoms with Crippen molar-refractivity contribution in [2.24, 2.45) is 0 Å². The van der Waals surface area contributed by atoms with Crippen LogP contribution in [0.5, 0.6) is 0 Å². The number of hydrogen-bond acceptors (Lipinski definition) is 5. The number of sulfone groups is 1. The van der Waals surface area contributed by atoms with E-state index in [9.17, 15) is 27.7 Å². The second kappa shape index (κ2) is 5.00. The molecule has 0 bridgehead atoms. The summed E-state index contributed by atoms with van der Waals surface area (Å²) in [6.07, 6.45) is 1.27. The lowest BCUT2D eigenvalue weighted by atomic mass is 10.1. The van der Waals surface area contributed by atoms with Crippen molar-refractivity contribution < 1.29 is 22.5 Å². The van der Waals surface area contributed by atoms with Crippen molar-refractivity contribution in [1.29, 1.82) is 0 Å². The second-order valence-corrected chi connectivity index (χ2v) is 6.09. The van der Waals surface area contributed by atoms with Crippen molar-refractivity contribution in [1.82, 2.24) is 5.32 Å². The Balaban J connectivity index is 2.20. The van der Waals surface area contributed by atoms with Crippen molar-refractivity contribution in [3.63, 3.8) is 0 Å². The van der Waals surface area contributed by atoms with E-state index in [0.717, 1.165) is 23.6 Å². The molecule has 1 aromatic rings. The first-order chi connectivity index (χ1) is 9.28. The number of amides is 1. The molecule has 1 atom stereocenters. The van der Waals surface area contributed by atoms with Gasteiger partial charge in [-0.2, -0.15) is 0 Å². The molecule has 7 nitrogen and oxygen atoms in total. The van der Waals surface area contributed by atoms with Gasteiger partial charge in [-0.15, -0.1) is 0 Å². The van der Waals surface area contributed by atoms with Gasteiger partial charge < -0.3 is 5.32 Å². The van der Waals surface area contributed by atoms with E-state index in [-0.39, 0.29) is 5.75 Å². The molecular formula is C11H9FN2O5S. The van der Waals surface area contributed by atoms with Gasteiger partial charge >= 0.3 is 0 Å². The Morgan fingerprint density at radius 1 is 1.45 bits per heavy atom. The number of carbonyl (C=O) groups is 1. The Labute approximate surface area is 113 Å². The fourth-order valence-electron chi connectivity index (χ4n) is 1.71. The van der Waals surface area contributed by atoms with Gasteiger partial charge in [0, 0.05) is 17.5 Å². The molecule has 0 spiro atoms. The summed E-state index contributed by atoms with van der Waals surface area (Å²) in [4.78, 5) is 21.6. The van der Waals surface area contributed by atoms with Crippen LogP contribution >= 0.6 is 0 Å². The van der Waals surface area contributed by atoms with Crippen LogP contribution in [0.1, 0.15) is 10.4 Å². The first-order valence-electron chi connectivity index (χ1n) is 5.44. The third-order valence-corrected chi connectivity index (χ3v) is 4.05. The Kier molecular flexibility index (Phi) is 3.53. The predicted octanol–water partition coefficient (Wildman–Crippen LogP) is 0.774. The Morgan fingerprint density at radius 2 is 2.15 bits per heavy atom. The van der Waals surface area contributed by atoms with Gasteiger partial charge in [0.15, 0.2) is 9.84 Å². The minimum Gasteiger partial charge on any atom is -0.345 e. The molecule has 0 saturated carbocycles. The SMILES string of the molecule is O=C(NC1C=CS(=O)(=O)C1)c1cc([N+](=O)[O-])ccc1F. The number of rotatable bonds is 3. The molecule has 0 fully saturated rings. The molecule has 1 unspecified atom stereocenters. The zero-order chi connectivity index (χ0) is 14.9. The second-order valence-electron chi connectivity index (χ2n) is 4.16. The maximum atomic E-state index is 13.5. The number of carbonyl (C=O) groups excluding carboxylic acids is 1. The highest BCUT2D eigenvalue weighted by Gasteiger charge is 2.25.